The third-order valence-electron chi connectivity index (χ3n) is 2.52. The smallest absolute Gasteiger partial charge is 0.223 e. The number of aromatic nitrogens is 2. The highest BCUT2D eigenvalue weighted by Gasteiger charge is 2.01. The second kappa shape index (κ2) is 5.96. The average molecular weight is 262 g/mol. The Bertz CT molecular complexity index is 542. The number of rotatable bonds is 5. The molecule has 6 nitrogen and oxygen atoms in total. The molecule has 1 heterocycles. The van der Waals surface area contributed by atoms with Crippen LogP contribution in [0, 0.1) is 5.82 Å². The van der Waals surface area contributed by atoms with Crippen LogP contribution in [0.5, 0.6) is 0 Å². The standard InChI is InChI=1S/C12H15FN6/c13-9-3-1-8(2-4-9)5-6-16-10-7-11(19-15)18-12(14)17-10/h1-4,7H,5-6,15H2,(H4,14,16,17,18,19). The molecule has 1 aromatic carbocycles. The molecule has 100 valence electrons. The lowest BCUT2D eigenvalue weighted by Gasteiger charge is -2.08. The first-order chi connectivity index (χ1) is 9.17. The van der Waals surface area contributed by atoms with Gasteiger partial charge in [0.05, 0.1) is 0 Å². The molecular weight excluding hydrogens is 247 g/mol. The summed E-state index contributed by atoms with van der Waals surface area (Å²) in [6.07, 6.45) is 0.746. The van der Waals surface area contributed by atoms with E-state index in [-0.39, 0.29) is 11.8 Å². The monoisotopic (exact) mass is 262 g/mol. The lowest BCUT2D eigenvalue weighted by atomic mass is 10.1. The number of nitrogen functional groups attached to an aromatic ring is 2. The largest absolute Gasteiger partial charge is 0.370 e. The third-order valence-corrected chi connectivity index (χ3v) is 2.52. The quantitative estimate of drug-likeness (QED) is 0.476. The van der Waals surface area contributed by atoms with Crippen LogP contribution in [0.3, 0.4) is 0 Å². The predicted octanol–water partition coefficient (Wildman–Crippen LogP) is 1.14. The van der Waals surface area contributed by atoms with E-state index >= 15 is 0 Å². The van der Waals surface area contributed by atoms with Gasteiger partial charge in [-0.25, -0.2) is 10.2 Å². The van der Waals surface area contributed by atoms with Gasteiger partial charge in [0.25, 0.3) is 0 Å². The molecule has 6 N–H and O–H groups in total. The Balaban J connectivity index is 1.92. The highest BCUT2D eigenvalue weighted by Crippen LogP contribution is 2.11. The number of halogens is 1. The number of hydrogen-bond donors (Lipinski definition) is 4. The van der Waals surface area contributed by atoms with Crippen molar-refractivity contribution in [3.63, 3.8) is 0 Å². The van der Waals surface area contributed by atoms with Crippen molar-refractivity contribution in [2.75, 3.05) is 23.0 Å². The van der Waals surface area contributed by atoms with Crippen LogP contribution in [0.4, 0.5) is 22.0 Å². The fourth-order valence-corrected chi connectivity index (χ4v) is 1.62. The Morgan fingerprint density at radius 1 is 1.11 bits per heavy atom. The molecule has 0 saturated carbocycles. The van der Waals surface area contributed by atoms with E-state index in [1.165, 1.54) is 12.1 Å². The summed E-state index contributed by atoms with van der Waals surface area (Å²) in [6.45, 7) is 0.645. The highest BCUT2D eigenvalue weighted by atomic mass is 19.1. The van der Waals surface area contributed by atoms with Crippen LogP contribution >= 0.6 is 0 Å². The second-order valence-electron chi connectivity index (χ2n) is 3.94. The molecule has 2 aromatic rings. The fraction of sp³-hybridized carbons (Fsp3) is 0.167. The Hall–Kier alpha value is -2.41. The summed E-state index contributed by atoms with van der Waals surface area (Å²) in [6, 6.07) is 8.03. The second-order valence-corrected chi connectivity index (χ2v) is 3.94. The molecule has 0 aliphatic rings. The summed E-state index contributed by atoms with van der Waals surface area (Å²) >= 11 is 0. The molecule has 0 amide bonds. The molecular formula is C12H15FN6. The molecule has 7 heteroatoms. The number of anilines is 3. The van der Waals surface area contributed by atoms with Gasteiger partial charge in [0, 0.05) is 12.6 Å². The Kier molecular flexibility index (Phi) is 4.09. The van der Waals surface area contributed by atoms with Gasteiger partial charge in [0.2, 0.25) is 5.95 Å². The van der Waals surface area contributed by atoms with Gasteiger partial charge in [-0.15, -0.1) is 0 Å². The summed E-state index contributed by atoms with van der Waals surface area (Å²) in [4.78, 5) is 7.90. The van der Waals surface area contributed by atoms with Gasteiger partial charge in [0.1, 0.15) is 17.5 Å². The average Bonchev–Trinajstić information content (AvgIpc) is 2.40. The van der Waals surface area contributed by atoms with E-state index in [2.05, 4.69) is 20.7 Å². The first kappa shape index (κ1) is 13.0. The zero-order valence-corrected chi connectivity index (χ0v) is 10.2. The minimum atomic E-state index is -0.237. The summed E-state index contributed by atoms with van der Waals surface area (Å²) in [5.41, 5.74) is 8.98. The van der Waals surface area contributed by atoms with E-state index in [1.54, 1.807) is 18.2 Å². The van der Waals surface area contributed by atoms with Gasteiger partial charge in [-0.1, -0.05) is 12.1 Å². The first-order valence-electron chi connectivity index (χ1n) is 5.77. The maximum absolute atomic E-state index is 12.7. The van der Waals surface area contributed by atoms with Gasteiger partial charge < -0.3 is 16.5 Å². The van der Waals surface area contributed by atoms with Crippen LogP contribution in [0.25, 0.3) is 0 Å². The fourth-order valence-electron chi connectivity index (χ4n) is 1.62. The van der Waals surface area contributed by atoms with Crippen molar-refractivity contribution < 1.29 is 4.39 Å². The van der Waals surface area contributed by atoms with Gasteiger partial charge >= 0.3 is 0 Å². The van der Waals surface area contributed by atoms with E-state index in [9.17, 15) is 4.39 Å². The predicted molar refractivity (Wildman–Crippen MR) is 72.8 cm³/mol. The summed E-state index contributed by atoms with van der Waals surface area (Å²) in [7, 11) is 0. The molecule has 0 saturated heterocycles. The zero-order valence-electron chi connectivity index (χ0n) is 10.2. The van der Waals surface area contributed by atoms with E-state index in [1.807, 2.05) is 0 Å². The van der Waals surface area contributed by atoms with Crippen LogP contribution in [-0.2, 0) is 6.42 Å². The number of nitrogens with zero attached hydrogens (tertiary/aromatic N) is 2. The summed E-state index contributed by atoms with van der Waals surface area (Å²) in [5.74, 6) is 6.19. The molecule has 0 atom stereocenters. The zero-order chi connectivity index (χ0) is 13.7. The molecule has 0 radical (unpaired) electrons. The van der Waals surface area contributed by atoms with Gasteiger partial charge in [-0.05, 0) is 24.1 Å². The molecule has 0 spiro atoms. The normalized spacial score (nSPS) is 10.2. The summed E-state index contributed by atoms with van der Waals surface area (Å²) < 4.78 is 12.7. The van der Waals surface area contributed by atoms with Gasteiger partial charge in [-0.3, -0.25) is 0 Å². The molecule has 19 heavy (non-hydrogen) atoms. The van der Waals surface area contributed by atoms with Crippen molar-refractivity contribution >= 4 is 17.6 Å². The van der Waals surface area contributed by atoms with Gasteiger partial charge in [0.15, 0.2) is 0 Å². The van der Waals surface area contributed by atoms with E-state index in [4.69, 9.17) is 11.6 Å². The Morgan fingerprint density at radius 3 is 2.47 bits per heavy atom. The number of benzene rings is 1. The maximum atomic E-state index is 12.7. The SMILES string of the molecule is NNc1cc(NCCc2ccc(F)cc2)nc(N)n1. The molecule has 0 aliphatic heterocycles. The van der Waals surface area contributed by atoms with E-state index in [0.29, 0.717) is 18.2 Å². The molecule has 1 aromatic heterocycles. The van der Waals surface area contributed by atoms with Crippen molar-refractivity contribution in [3.8, 4) is 0 Å². The third kappa shape index (κ3) is 3.78. The van der Waals surface area contributed by atoms with Crippen molar-refractivity contribution in [3.05, 3.63) is 41.7 Å². The number of hydrogen-bond acceptors (Lipinski definition) is 6. The minimum Gasteiger partial charge on any atom is -0.370 e. The molecule has 2 rings (SSSR count). The number of hydrazine groups is 1. The number of nitrogens with two attached hydrogens (primary N) is 2. The van der Waals surface area contributed by atoms with E-state index in [0.717, 1.165) is 12.0 Å². The highest BCUT2D eigenvalue weighted by molar-refractivity contribution is 5.50. The minimum absolute atomic E-state index is 0.139. The first-order valence-corrected chi connectivity index (χ1v) is 5.77. The Labute approximate surface area is 110 Å². The van der Waals surface area contributed by atoms with E-state index < -0.39 is 0 Å². The van der Waals surface area contributed by atoms with Crippen molar-refractivity contribution in [2.24, 2.45) is 5.84 Å². The maximum Gasteiger partial charge on any atom is 0.223 e. The lowest BCUT2D eigenvalue weighted by molar-refractivity contribution is 0.627. The van der Waals surface area contributed by atoms with Crippen LogP contribution in [0.2, 0.25) is 0 Å². The van der Waals surface area contributed by atoms with Crippen LogP contribution in [-0.4, -0.2) is 16.5 Å². The molecule has 0 bridgehead atoms. The van der Waals surface area contributed by atoms with Crippen molar-refractivity contribution in [1.82, 2.24) is 9.97 Å². The van der Waals surface area contributed by atoms with Crippen LogP contribution < -0.4 is 22.3 Å². The molecule has 0 unspecified atom stereocenters. The Morgan fingerprint density at radius 2 is 1.79 bits per heavy atom. The van der Waals surface area contributed by atoms with Crippen molar-refractivity contribution in [1.29, 1.82) is 0 Å². The van der Waals surface area contributed by atoms with Crippen LogP contribution in [0.15, 0.2) is 30.3 Å². The summed E-state index contributed by atoms with van der Waals surface area (Å²) in [5, 5.41) is 3.10. The van der Waals surface area contributed by atoms with Crippen molar-refractivity contribution in [2.45, 2.75) is 6.42 Å². The van der Waals surface area contributed by atoms with Crippen LogP contribution in [0.1, 0.15) is 5.56 Å². The molecule has 0 fully saturated rings. The topological polar surface area (TPSA) is 102 Å². The lowest BCUT2D eigenvalue weighted by Crippen LogP contribution is -2.13. The molecule has 0 aliphatic carbocycles. The number of nitrogens with one attached hydrogen (secondary N) is 2. The van der Waals surface area contributed by atoms with Gasteiger partial charge in [-0.2, -0.15) is 9.97 Å².